The molecule has 3 heteroatoms. The van der Waals surface area contributed by atoms with Crippen LogP contribution >= 0.6 is 15.9 Å². The fourth-order valence-electron chi connectivity index (χ4n) is 1.70. The van der Waals surface area contributed by atoms with Gasteiger partial charge in [0.1, 0.15) is 5.82 Å². The average Bonchev–Trinajstić information content (AvgIpc) is 2.93. The summed E-state index contributed by atoms with van der Waals surface area (Å²) < 4.78 is 14.6. The fraction of sp³-hybridized carbons (Fsp3) is 0.455. The van der Waals surface area contributed by atoms with Crippen LogP contribution in [0.25, 0.3) is 0 Å². The Bertz CT molecular complexity index is 361. The van der Waals surface area contributed by atoms with Crippen LogP contribution in [0.4, 0.5) is 4.39 Å². The van der Waals surface area contributed by atoms with Gasteiger partial charge in [0, 0.05) is 16.1 Å². The predicted octanol–water partition coefficient (Wildman–Crippen LogP) is 3.31. The first-order valence-corrected chi connectivity index (χ1v) is 5.60. The minimum Gasteiger partial charge on any atom is -0.324 e. The summed E-state index contributed by atoms with van der Waals surface area (Å²) in [7, 11) is 0. The van der Waals surface area contributed by atoms with Gasteiger partial charge in [0.15, 0.2) is 0 Å². The lowest BCUT2D eigenvalue weighted by atomic mass is 10.0. The van der Waals surface area contributed by atoms with Crippen molar-refractivity contribution in [2.24, 2.45) is 11.7 Å². The molecule has 1 fully saturated rings. The molecule has 1 aliphatic carbocycles. The Morgan fingerprint density at radius 3 is 2.71 bits per heavy atom. The Labute approximate surface area is 91.6 Å². The number of benzene rings is 1. The summed E-state index contributed by atoms with van der Waals surface area (Å²) in [5, 5.41) is 0. The van der Waals surface area contributed by atoms with Gasteiger partial charge in [-0.05, 0) is 43.4 Å². The molecule has 1 saturated carbocycles. The highest BCUT2D eigenvalue weighted by atomic mass is 79.9. The highest BCUT2D eigenvalue weighted by Crippen LogP contribution is 2.41. The van der Waals surface area contributed by atoms with Crippen molar-refractivity contribution < 1.29 is 4.39 Å². The van der Waals surface area contributed by atoms with E-state index in [4.69, 9.17) is 5.73 Å². The van der Waals surface area contributed by atoms with Gasteiger partial charge in [-0.1, -0.05) is 15.9 Å². The predicted molar refractivity (Wildman–Crippen MR) is 58.5 cm³/mol. The molecule has 0 spiro atoms. The minimum absolute atomic E-state index is 0.133. The number of nitrogens with two attached hydrogens (primary N) is 1. The lowest BCUT2D eigenvalue weighted by molar-refractivity contribution is 0.548. The number of hydrogen-bond acceptors (Lipinski definition) is 1. The van der Waals surface area contributed by atoms with Gasteiger partial charge in [-0.15, -0.1) is 0 Å². The molecule has 76 valence electrons. The van der Waals surface area contributed by atoms with Crippen LogP contribution in [0, 0.1) is 18.7 Å². The topological polar surface area (TPSA) is 26.0 Å². The zero-order valence-corrected chi connectivity index (χ0v) is 9.64. The molecule has 0 bridgehead atoms. The van der Waals surface area contributed by atoms with Crippen molar-refractivity contribution in [2.45, 2.75) is 25.8 Å². The average molecular weight is 258 g/mol. The van der Waals surface area contributed by atoms with Crippen molar-refractivity contribution in [1.29, 1.82) is 0 Å². The maximum absolute atomic E-state index is 13.7. The second kappa shape index (κ2) is 3.63. The van der Waals surface area contributed by atoms with Crippen LogP contribution in [0.2, 0.25) is 0 Å². The van der Waals surface area contributed by atoms with E-state index in [0.29, 0.717) is 17.0 Å². The minimum atomic E-state index is -0.146. The van der Waals surface area contributed by atoms with Crippen molar-refractivity contribution in [1.82, 2.24) is 0 Å². The molecule has 0 aromatic heterocycles. The maximum Gasteiger partial charge on any atom is 0.130 e. The van der Waals surface area contributed by atoms with Crippen molar-refractivity contribution in [3.05, 3.63) is 33.5 Å². The number of rotatable bonds is 2. The monoisotopic (exact) mass is 257 g/mol. The van der Waals surface area contributed by atoms with E-state index in [9.17, 15) is 4.39 Å². The first kappa shape index (κ1) is 10.1. The standard InChI is InChI=1S/C11H13BrFN/c1-6-4-8(12)5-9(10(6)13)11(14)7-2-3-7/h4-5,7,11H,2-3,14H2,1H3/t11-/m1/s1. The molecule has 0 saturated heterocycles. The zero-order chi connectivity index (χ0) is 10.3. The fourth-order valence-corrected chi connectivity index (χ4v) is 2.29. The van der Waals surface area contributed by atoms with Crippen LogP contribution in [0.5, 0.6) is 0 Å². The molecular formula is C11H13BrFN. The van der Waals surface area contributed by atoms with E-state index in [1.54, 1.807) is 19.1 Å². The van der Waals surface area contributed by atoms with Gasteiger partial charge in [0.25, 0.3) is 0 Å². The zero-order valence-electron chi connectivity index (χ0n) is 8.06. The third kappa shape index (κ3) is 1.84. The van der Waals surface area contributed by atoms with Crippen LogP contribution in [-0.2, 0) is 0 Å². The molecular weight excluding hydrogens is 245 g/mol. The van der Waals surface area contributed by atoms with E-state index in [0.717, 1.165) is 17.3 Å². The largest absolute Gasteiger partial charge is 0.324 e. The van der Waals surface area contributed by atoms with Crippen LogP contribution in [0.15, 0.2) is 16.6 Å². The molecule has 14 heavy (non-hydrogen) atoms. The Kier molecular flexibility index (Phi) is 2.62. The van der Waals surface area contributed by atoms with E-state index in [1.807, 2.05) is 0 Å². The molecule has 1 aromatic carbocycles. The summed E-state index contributed by atoms with van der Waals surface area (Å²) in [5.74, 6) is 0.339. The summed E-state index contributed by atoms with van der Waals surface area (Å²) >= 11 is 3.36. The second-order valence-corrected chi connectivity index (χ2v) is 4.90. The van der Waals surface area contributed by atoms with Gasteiger partial charge in [0.2, 0.25) is 0 Å². The van der Waals surface area contributed by atoms with Gasteiger partial charge in [0.05, 0.1) is 0 Å². The third-order valence-electron chi connectivity index (χ3n) is 2.74. The second-order valence-electron chi connectivity index (χ2n) is 3.99. The first-order chi connectivity index (χ1) is 6.59. The van der Waals surface area contributed by atoms with E-state index in [2.05, 4.69) is 15.9 Å². The Hall–Kier alpha value is -0.410. The Balaban J connectivity index is 2.39. The molecule has 1 aliphatic rings. The summed E-state index contributed by atoms with van der Waals surface area (Å²) in [4.78, 5) is 0. The molecule has 0 aliphatic heterocycles. The smallest absolute Gasteiger partial charge is 0.130 e. The molecule has 0 heterocycles. The maximum atomic E-state index is 13.7. The molecule has 0 radical (unpaired) electrons. The summed E-state index contributed by atoms with van der Waals surface area (Å²) in [6, 6.07) is 3.44. The number of hydrogen-bond donors (Lipinski definition) is 1. The Morgan fingerprint density at radius 2 is 2.14 bits per heavy atom. The third-order valence-corrected chi connectivity index (χ3v) is 3.19. The van der Waals surface area contributed by atoms with E-state index in [-0.39, 0.29) is 11.9 Å². The molecule has 2 rings (SSSR count). The Morgan fingerprint density at radius 1 is 1.50 bits per heavy atom. The van der Waals surface area contributed by atoms with Gasteiger partial charge in [-0.3, -0.25) is 0 Å². The van der Waals surface area contributed by atoms with Crippen LogP contribution in [0.1, 0.15) is 30.0 Å². The van der Waals surface area contributed by atoms with Crippen LogP contribution < -0.4 is 5.73 Å². The lowest BCUT2D eigenvalue weighted by Gasteiger charge is -2.13. The molecule has 1 aromatic rings. The normalized spacial score (nSPS) is 18.3. The lowest BCUT2D eigenvalue weighted by Crippen LogP contribution is -2.14. The van der Waals surface area contributed by atoms with Gasteiger partial charge >= 0.3 is 0 Å². The molecule has 1 nitrogen and oxygen atoms in total. The number of aryl methyl sites for hydroxylation is 1. The molecule has 0 amide bonds. The van der Waals surface area contributed by atoms with Crippen molar-refractivity contribution in [3.8, 4) is 0 Å². The first-order valence-electron chi connectivity index (χ1n) is 4.80. The van der Waals surface area contributed by atoms with Crippen LogP contribution in [-0.4, -0.2) is 0 Å². The van der Waals surface area contributed by atoms with E-state index < -0.39 is 0 Å². The van der Waals surface area contributed by atoms with Gasteiger partial charge in [-0.2, -0.15) is 0 Å². The molecule has 1 atom stereocenters. The van der Waals surface area contributed by atoms with E-state index >= 15 is 0 Å². The quantitative estimate of drug-likeness (QED) is 0.865. The summed E-state index contributed by atoms with van der Waals surface area (Å²) in [5.41, 5.74) is 7.29. The van der Waals surface area contributed by atoms with Crippen molar-refractivity contribution in [2.75, 3.05) is 0 Å². The van der Waals surface area contributed by atoms with Gasteiger partial charge in [-0.25, -0.2) is 4.39 Å². The van der Waals surface area contributed by atoms with Crippen LogP contribution in [0.3, 0.4) is 0 Å². The highest BCUT2D eigenvalue weighted by molar-refractivity contribution is 9.10. The SMILES string of the molecule is Cc1cc(Br)cc([C@H](N)C2CC2)c1F. The number of halogens is 2. The van der Waals surface area contributed by atoms with Crippen molar-refractivity contribution >= 4 is 15.9 Å². The molecule has 2 N–H and O–H groups in total. The summed E-state index contributed by atoms with van der Waals surface area (Å²) in [6.45, 7) is 1.77. The highest BCUT2D eigenvalue weighted by Gasteiger charge is 2.31. The summed E-state index contributed by atoms with van der Waals surface area (Å²) in [6.07, 6.45) is 2.26. The van der Waals surface area contributed by atoms with E-state index in [1.165, 1.54) is 0 Å². The van der Waals surface area contributed by atoms with Crippen molar-refractivity contribution in [3.63, 3.8) is 0 Å². The molecule has 0 unspecified atom stereocenters. The van der Waals surface area contributed by atoms with Gasteiger partial charge < -0.3 is 5.73 Å².